The Bertz CT molecular complexity index is 3390. The lowest BCUT2D eigenvalue weighted by Gasteiger charge is -2.16. The van der Waals surface area contributed by atoms with Crippen molar-refractivity contribution in [1.82, 2.24) is 29.8 Å². The van der Waals surface area contributed by atoms with Gasteiger partial charge in [-0.3, -0.25) is 0 Å². The second kappa shape index (κ2) is 22.5. The van der Waals surface area contributed by atoms with Crippen molar-refractivity contribution in [3.63, 3.8) is 0 Å². The normalized spacial score (nSPS) is 14.5. The lowest BCUT2D eigenvalue weighted by Crippen LogP contribution is -2.17. The van der Waals surface area contributed by atoms with Gasteiger partial charge in [-0.1, -0.05) is 149 Å². The first-order chi connectivity index (χ1) is 35.4. The van der Waals surface area contributed by atoms with Crippen LogP contribution in [-0.4, -0.2) is 47.4 Å². The lowest BCUT2D eigenvalue weighted by atomic mass is 9.90. The summed E-state index contributed by atoms with van der Waals surface area (Å²) >= 11 is 0. The third kappa shape index (κ3) is 11.8. The van der Waals surface area contributed by atoms with Crippen LogP contribution in [0.4, 0.5) is 23.4 Å². The van der Waals surface area contributed by atoms with Crippen molar-refractivity contribution in [3.05, 3.63) is 203 Å². The molecule has 6 aromatic carbocycles. The largest absolute Gasteiger partial charge is 0.476 e. The molecular weight excluding hydrogens is 931 g/mol. The highest BCUT2D eigenvalue weighted by molar-refractivity contribution is 6.05. The Morgan fingerprint density at radius 2 is 1.51 bits per heavy atom. The number of nitrogens with one attached hydrogen (secondary N) is 1. The van der Waals surface area contributed by atoms with E-state index in [4.69, 9.17) is 5.11 Å². The number of rotatable bonds is 16. The fraction of sp³-hybridized carbons (Fsp3) is 0.237. The van der Waals surface area contributed by atoms with E-state index in [0.29, 0.717) is 11.4 Å². The van der Waals surface area contributed by atoms with Crippen LogP contribution in [0.15, 0.2) is 157 Å². The number of unbranched alkanes of at least 4 members (excludes halogenated alkanes) is 7. The molecule has 3 aromatic heterocycles. The average Bonchev–Trinajstić information content (AvgIpc) is 4.25. The Labute approximate surface area is 420 Å². The molecule has 0 fully saturated rings. The maximum absolute atomic E-state index is 13.8. The van der Waals surface area contributed by atoms with E-state index >= 15 is 0 Å². The van der Waals surface area contributed by atoms with Crippen LogP contribution in [0, 0.1) is 11.6 Å². The zero-order valence-electron chi connectivity index (χ0n) is 40.6. The summed E-state index contributed by atoms with van der Waals surface area (Å²) in [4.78, 5) is 14.9. The third-order valence-electron chi connectivity index (χ3n) is 13.1. The Hall–Kier alpha value is -8.13. The molecule has 2 aliphatic carbocycles. The summed E-state index contributed by atoms with van der Waals surface area (Å²) in [5.74, 6) is -4.18. The number of anilines is 1. The van der Waals surface area contributed by atoms with Crippen molar-refractivity contribution in [2.45, 2.75) is 83.1 Å². The van der Waals surface area contributed by atoms with Crippen molar-refractivity contribution in [2.24, 2.45) is 0 Å². The fourth-order valence-electron chi connectivity index (χ4n) is 9.43. The lowest BCUT2D eigenvalue weighted by molar-refractivity contribution is 0.0174. The molecule has 9 aromatic rings. The smallest absolute Gasteiger partial charge is 0.357 e. The number of aromatic nitrogens is 6. The number of benzene rings is 6. The second-order valence-electron chi connectivity index (χ2n) is 18.4. The summed E-state index contributed by atoms with van der Waals surface area (Å²) in [7, 11) is 0. The number of aromatic carboxylic acids is 1. The first-order valence-electron chi connectivity index (χ1n) is 24.6. The minimum atomic E-state index is -2.95. The quantitative estimate of drug-likeness (QED) is 0.0557. The molecule has 0 radical (unpaired) electrons. The van der Waals surface area contributed by atoms with Gasteiger partial charge >= 0.3 is 5.97 Å². The maximum atomic E-state index is 13.8. The van der Waals surface area contributed by atoms with Crippen LogP contribution in [0.5, 0.6) is 0 Å². The molecule has 73 heavy (non-hydrogen) atoms. The van der Waals surface area contributed by atoms with Crippen LogP contribution in [0.25, 0.3) is 50.5 Å². The number of halogens is 4. The molecule has 0 bridgehead atoms. The van der Waals surface area contributed by atoms with Crippen molar-refractivity contribution in [2.75, 3.05) is 11.9 Å². The highest BCUT2D eigenvalue weighted by Gasteiger charge is 2.33. The number of carbonyl (C=O) groups is 1. The van der Waals surface area contributed by atoms with Gasteiger partial charge in [0.25, 0.3) is 5.92 Å². The number of nitrogens with zero attached hydrogens (tertiary/aromatic N) is 6. The summed E-state index contributed by atoms with van der Waals surface area (Å²) in [6.45, 7) is 3.97. The van der Waals surface area contributed by atoms with E-state index in [0.717, 1.165) is 82.5 Å². The summed E-state index contributed by atoms with van der Waals surface area (Å²) in [5, 5.41) is 29.2. The number of hydrogen-bond acceptors (Lipinski definition) is 7. The van der Waals surface area contributed by atoms with E-state index in [1.54, 1.807) is 11.0 Å². The summed E-state index contributed by atoms with van der Waals surface area (Å²) in [5.41, 5.74) is 7.82. The first-order valence-corrected chi connectivity index (χ1v) is 24.6. The monoisotopic (exact) mass is 985 g/mol. The van der Waals surface area contributed by atoms with Crippen molar-refractivity contribution in [3.8, 4) is 11.1 Å². The van der Waals surface area contributed by atoms with E-state index in [1.807, 2.05) is 48.5 Å². The first kappa shape index (κ1) is 49.8. The van der Waals surface area contributed by atoms with Gasteiger partial charge in [0, 0.05) is 31.6 Å². The molecule has 372 valence electrons. The van der Waals surface area contributed by atoms with Gasteiger partial charge in [-0.25, -0.2) is 32.0 Å². The molecule has 0 saturated heterocycles. The molecular formula is C59H55F4N7O3. The predicted molar refractivity (Wildman–Crippen MR) is 279 cm³/mol. The molecule has 0 aliphatic heterocycles. The van der Waals surface area contributed by atoms with Gasteiger partial charge in [-0.2, -0.15) is 15.0 Å². The highest BCUT2D eigenvalue weighted by Crippen LogP contribution is 2.41. The predicted octanol–water partition coefficient (Wildman–Crippen LogP) is 15.2. The summed E-state index contributed by atoms with van der Waals surface area (Å²) in [6.07, 6.45) is 23.1. The number of carboxylic acid groups (broad SMARTS) is 1. The Balaban J connectivity index is 0.000000156. The molecule has 10 nitrogen and oxygen atoms in total. The van der Waals surface area contributed by atoms with Gasteiger partial charge in [0.15, 0.2) is 17.9 Å². The third-order valence-corrected chi connectivity index (χ3v) is 13.1. The van der Waals surface area contributed by atoms with Gasteiger partial charge in [0.05, 0.1) is 23.7 Å². The number of fused-ring (bicyclic) bond motifs is 4. The minimum absolute atomic E-state index is 0.0648. The number of alkyl halides is 2. The fourth-order valence-corrected chi connectivity index (χ4v) is 9.43. The van der Waals surface area contributed by atoms with Crippen molar-refractivity contribution < 1.29 is 31.9 Å². The molecule has 2 N–H and O–H groups in total. The maximum Gasteiger partial charge on any atom is 0.357 e. The molecule has 14 heteroatoms. The molecule has 2 aliphatic rings. The molecule has 3 heterocycles. The van der Waals surface area contributed by atoms with Crippen LogP contribution in [0.1, 0.15) is 121 Å². The molecule has 0 saturated carbocycles. The van der Waals surface area contributed by atoms with Crippen LogP contribution in [0.2, 0.25) is 0 Å². The zero-order chi connectivity index (χ0) is 50.9. The van der Waals surface area contributed by atoms with Crippen LogP contribution < -0.4 is 5.32 Å². The van der Waals surface area contributed by atoms with Crippen LogP contribution in [-0.2, 0) is 5.92 Å². The highest BCUT2D eigenvalue weighted by atomic mass is 19.3. The number of carboxylic acids is 1. The van der Waals surface area contributed by atoms with Gasteiger partial charge in [0.2, 0.25) is 0 Å². The molecule has 0 amide bonds. The van der Waals surface area contributed by atoms with E-state index in [2.05, 4.69) is 104 Å². The molecule has 0 spiro atoms. The second-order valence-corrected chi connectivity index (χ2v) is 18.4. The van der Waals surface area contributed by atoms with Gasteiger partial charge < -0.3 is 14.8 Å². The van der Waals surface area contributed by atoms with Crippen molar-refractivity contribution in [1.29, 1.82) is 0 Å². The molecule has 11 rings (SSSR count). The Morgan fingerprint density at radius 3 is 2.22 bits per heavy atom. The topological polar surface area (TPSA) is 124 Å². The standard InChI is InChI=1S/C29H18F2.C26H34F2N6.C4H3NO3/c30-24-14-23(15-25(31)17-24)27-7-3-5-20-12-22-13-21(9-8-19(22)16-29(20)27)28-11-10-18-4-1-2-6-26(18)28;1-3-4-5-6-7-8-9-12-15-29-24-18-31-34(32-24)25-22-14-11-10-13-20(22)16-23(25)33-19-21(17-30-33)26(2,27)28;6-4(7)3-1-8-2-5-3/h1-17,28H;10-11,13-14,16-19,25H,3-9,12,15H2,1-2H3,(H,29,32);1-2H,(H,6,7). The van der Waals surface area contributed by atoms with Crippen molar-refractivity contribution >= 4 is 51.2 Å². The van der Waals surface area contributed by atoms with E-state index in [-0.39, 0.29) is 23.2 Å². The van der Waals surface area contributed by atoms with Crippen LogP contribution in [0.3, 0.4) is 0 Å². The Kier molecular flexibility index (Phi) is 15.4. The van der Waals surface area contributed by atoms with Gasteiger partial charge in [-0.15, -0.1) is 5.10 Å². The van der Waals surface area contributed by atoms with Gasteiger partial charge in [0.1, 0.15) is 23.9 Å². The number of allylic oxidation sites excluding steroid dienone is 2. The number of hydrogen-bond donors (Lipinski definition) is 2. The summed E-state index contributed by atoms with van der Waals surface area (Å²) in [6, 6.07) is 36.5. The minimum Gasteiger partial charge on any atom is -0.476 e. The van der Waals surface area contributed by atoms with E-state index in [1.165, 1.54) is 90.8 Å². The van der Waals surface area contributed by atoms with Gasteiger partial charge in [-0.05, 0) is 97.3 Å². The SMILES string of the molecule is CCCCCCCCCCNc1cnn(C2C(n3cc(C(C)(F)F)cn3)=Cc3ccccc32)n1.Fc1cc(F)cc(-c2cccc3cc4cc(C5C=Cc6ccccc65)ccc4cc23)c1.O=C(O)c1cocn1. The van der Waals surface area contributed by atoms with E-state index < -0.39 is 23.5 Å². The van der Waals surface area contributed by atoms with E-state index in [9.17, 15) is 22.4 Å². The zero-order valence-corrected chi connectivity index (χ0v) is 40.6. The Morgan fingerprint density at radius 1 is 0.767 bits per heavy atom. The van der Waals surface area contributed by atoms with Crippen LogP contribution >= 0.6 is 0 Å². The number of oxazole rings is 1. The average molecular weight is 986 g/mol. The molecule has 2 atom stereocenters. The summed E-state index contributed by atoms with van der Waals surface area (Å²) < 4.78 is 61.1. The molecule has 2 unspecified atom stereocenters.